The third-order valence-corrected chi connectivity index (χ3v) is 4.68. The van der Waals surface area contributed by atoms with Crippen molar-refractivity contribution in [3.63, 3.8) is 0 Å². The molecule has 3 aromatic carbocycles. The minimum absolute atomic E-state index is 0.0588. The van der Waals surface area contributed by atoms with Crippen LogP contribution in [0, 0.1) is 0 Å². The van der Waals surface area contributed by atoms with Crippen molar-refractivity contribution in [1.29, 1.82) is 0 Å². The fourth-order valence-corrected chi connectivity index (χ4v) is 3.43. The molecule has 0 unspecified atom stereocenters. The first-order valence-electron chi connectivity index (χ1n) is 8.09. The number of hydrogen-bond acceptors (Lipinski definition) is 4. The van der Waals surface area contributed by atoms with E-state index in [0.717, 1.165) is 22.1 Å². The second-order valence-corrected chi connectivity index (χ2v) is 6.12. The van der Waals surface area contributed by atoms with Gasteiger partial charge >= 0.3 is 0 Å². The largest absolute Gasteiger partial charge is 0.439 e. The lowest BCUT2D eigenvalue weighted by atomic mass is 10.0. The minimum Gasteiger partial charge on any atom is -0.439 e. The second kappa shape index (κ2) is 5.05. The maximum atomic E-state index is 13.3. The average Bonchev–Trinajstić information content (AvgIpc) is 2.79. The molecule has 0 saturated heterocycles. The Morgan fingerprint density at radius 3 is 2.68 bits per heavy atom. The van der Waals surface area contributed by atoms with Crippen LogP contribution in [0.3, 0.4) is 0 Å². The van der Waals surface area contributed by atoms with E-state index in [9.17, 15) is 4.79 Å². The molecule has 1 aromatic heterocycles. The molecule has 0 N–H and O–H groups in total. The van der Waals surface area contributed by atoms with Crippen LogP contribution in [0.5, 0.6) is 0 Å². The third-order valence-electron chi connectivity index (χ3n) is 4.68. The van der Waals surface area contributed by atoms with Gasteiger partial charge < -0.3 is 9.32 Å². The van der Waals surface area contributed by atoms with Crippen molar-refractivity contribution in [2.75, 3.05) is 11.9 Å². The fourth-order valence-electron chi connectivity index (χ4n) is 3.43. The lowest BCUT2D eigenvalue weighted by Crippen LogP contribution is -2.17. The van der Waals surface area contributed by atoms with Crippen LogP contribution in [0.4, 0.5) is 17.3 Å². The molecule has 1 aliphatic heterocycles. The molecule has 4 aromatic rings. The van der Waals surface area contributed by atoms with Crippen molar-refractivity contribution in [2.45, 2.75) is 0 Å². The van der Waals surface area contributed by atoms with Crippen LogP contribution >= 0.6 is 0 Å². The highest BCUT2D eigenvalue weighted by Crippen LogP contribution is 2.37. The SMILES string of the molecule is CN1c2ccccc2N=Cc2c1oc1ccc3ccccc3c1c2=O. The summed E-state index contributed by atoms with van der Waals surface area (Å²) in [6, 6.07) is 19.5. The van der Waals surface area contributed by atoms with Crippen LogP contribution in [0.1, 0.15) is 5.56 Å². The summed E-state index contributed by atoms with van der Waals surface area (Å²) >= 11 is 0. The number of benzene rings is 3. The maximum Gasteiger partial charge on any atom is 0.213 e. The molecule has 25 heavy (non-hydrogen) atoms. The molecule has 0 spiro atoms. The normalized spacial score (nSPS) is 12.9. The van der Waals surface area contributed by atoms with E-state index in [1.807, 2.05) is 72.6 Å². The Balaban J connectivity index is 1.92. The Bertz CT molecular complexity index is 1240. The van der Waals surface area contributed by atoms with Crippen LogP contribution in [0.15, 0.2) is 74.9 Å². The van der Waals surface area contributed by atoms with Crippen LogP contribution in [0.2, 0.25) is 0 Å². The lowest BCUT2D eigenvalue weighted by Gasteiger charge is -2.19. The van der Waals surface area contributed by atoms with Gasteiger partial charge in [-0.2, -0.15) is 0 Å². The highest BCUT2D eigenvalue weighted by Gasteiger charge is 2.22. The van der Waals surface area contributed by atoms with Gasteiger partial charge in [-0.05, 0) is 29.0 Å². The van der Waals surface area contributed by atoms with E-state index in [1.165, 1.54) is 0 Å². The molecule has 4 heteroatoms. The Kier molecular flexibility index (Phi) is 2.82. The summed E-state index contributed by atoms with van der Waals surface area (Å²) in [7, 11) is 1.89. The predicted molar refractivity (Wildman–Crippen MR) is 102 cm³/mol. The van der Waals surface area contributed by atoms with Crippen LogP contribution in [0.25, 0.3) is 21.7 Å². The van der Waals surface area contributed by atoms with Crippen LogP contribution < -0.4 is 10.3 Å². The monoisotopic (exact) mass is 326 g/mol. The van der Waals surface area contributed by atoms with Gasteiger partial charge in [0.15, 0.2) is 0 Å². The van der Waals surface area contributed by atoms with Gasteiger partial charge in [0.2, 0.25) is 11.3 Å². The quantitative estimate of drug-likeness (QED) is 0.437. The first kappa shape index (κ1) is 14.0. The topological polar surface area (TPSA) is 45.8 Å². The number of anilines is 2. The van der Waals surface area contributed by atoms with Gasteiger partial charge in [-0.3, -0.25) is 9.79 Å². The molecule has 0 aliphatic carbocycles. The summed E-state index contributed by atoms with van der Waals surface area (Å²) in [5.41, 5.74) is 2.71. The summed E-state index contributed by atoms with van der Waals surface area (Å²) < 4.78 is 6.16. The van der Waals surface area contributed by atoms with Crippen molar-refractivity contribution in [2.24, 2.45) is 4.99 Å². The average molecular weight is 326 g/mol. The van der Waals surface area contributed by atoms with Gasteiger partial charge in [0.05, 0.1) is 16.8 Å². The molecular formula is C21H14N2O2. The van der Waals surface area contributed by atoms with Crippen molar-refractivity contribution in [3.05, 3.63) is 76.5 Å². The Morgan fingerprint density at radius 1 is 0.960 bits per heavy atom. The molecule has 4 nitrogen and oxygen atoms in total. The van der Waals surface area contributed by atoms with E-state index in [-0.39, 0.29) is 5.43 Å². The number of hydrogen-bond donors (Lipinski definition) is 0. The van der Waals surface area contributed by atoms with Crippen molar-refractivity contribution < 1.29 is 4.42 Å². The van der Waals surface area contributed by atoms with E-state index in [4.69, 9.17) is 4.42 Å². The molecule has 0 amide bonds. The van der Waals surface area contributed by atoms with E-state index < -0.39 is 0 Å². The predicted octanol–water partition coefficient (Wildman–Crippen LogP) is 4.78. The summed E-state index contributed by atoms with van der Waals surface area (Å²) in [5.74, 6) is 0.515. The molecule has 120 valence electrons. The molecule has 2 heterocycles. The zero-order valence-corrected chi connectivity index (χ0v) is 13.6. The standard InChI is InChI=1S/C21H14N2O2/c1-23-17-9-5-4-8-16(17)22-12-15-20(24)19-14-7-3-2-6-13(14)10-11-18(19)25-21(15)23/h2-12H,1H3. The second-order valence-electron chi connectivity index (χ2n) is 6.12. The number of rotatable bonds is 0. The smallest absolute Gasteiger partial charge is 0.213 e. The zero-order chi connectivity index (χ0) is 17.0. The fraction of sp³-hybridized carbons (Fsp3) is 0.0476. The zero-order valence-electron chi connectivity index (χ0n) is 13.6. The van der Waals surface area contributed by atoms with Crippen LogP contribution in [-0.2, 0) is 0 Å². The Hall–Kier alpha value is -3.40. The Morgan fingerprint density at radius 2 is 1.76 bits per heavy atom. The number of fused-ring (bicyclic) bond motifs is 5. The molecule has 0 radical (unpaired) electrons. The minimum atomic E-state index is -0.0588. The molecule has 0 fully saturated rings. The number of aliphatic imine (C=N–C) groups is 1. The molecule has 0 atom stereocenters. The lowest BCUT2D eigenvalue weighted by molar-refractivity contribution is 0.603. The molecule has 5 rings (SSSR count). The summed E-state index contributed by atoms with van der Waals surface area (Å²) in [4.78, 5) is 19.6. The van der Waals surface area contributed by atoms with E-state index in [2.05, 4.69) is 4.99 Å². The summed E-state index contributed by atoms with van der Waals surface area (Å²) in [6.07, 6.45) is 1.62. The van der Waals surface area contributed by atoms with Gasteiger partial charge in [0.1, 0.15) is 11.1 Å². The van der Waals surface area contributed by atoms with Gasteiger partial charge in [0.25, 0.3) is 0 Å². The van der Waals surface area contributed by atoms with E-state index >= 15 is 0 Å². The van der Waals surface area contributed by atoms with Crippen molar-refractivity contribution in [3.8, 4) is 0 Å². The van der Waals surface area contributed by atoms with Crippen molar-refractivity contribution >= 4 is 45.2 Å². The van der Waals surface area contributed by atoms with Gasteiger partial charge in [-0.1, -0.05) is 42.5 Å². The maximum absolute atomic E-state index is 13.3. The first-order valence-corrected chi connectivity index (χ1v) is 8.09. The van der Waals surface area contributed by atoms with E-state index in [0.29, 0.717) is 22.4 Å². The first-order chi connectivity index (χ1) is 12.2. The van der Waals surface area contributed by atoms with Gasteiger partial charge in [-0.25, -0.2) is 0 Å². The van der Waals surface area contributed by atoms with Gasteiger partial charge in [0, 0.05) is 13.3 Å². The molecule has 1 aliphatic rings. The van der Waals surface area contributed by atoms with E-state index in [1.54, 1.807) is 6.21 Å². The number of para-hydroxylation sites is 2. The molecular weight excluding hydrogens is 312 g/mol. The highest BCUT2D eigenvalue weighted by atomic mass is 16.4. The molecule has 0 saturated carbocycles. The Labute approximate surface area is 143 Å². The van der Waals surface area contributed by atoms with Gasteiger partial charge in [-0.15, -0.1) is 0 Å². The third kappa shape index (κ3) is 1.94. The number of nitrogens with zero attached hydrogens (tertiary/aromatic N) is 2. The summed E-state index contributed by atoms with van der Waals surface area (Å²) in [5, 5.41) is 2.52. The summed E-state index contributed by atoms with van der Waals surface area (Å²) in [6.45, 7) is 0. The highest BCUT2D eigenvalue weighted by molar-refractivity contribution is 6.08. The van der Waals surface area contributed by atoms with Crippen molar-refractivity contribution in [1.82, 2.24) is 0 Å². The molecule has 0 bridgehead atoms. The van der Waals surface area contributed by atoms with Crippen LogP contribution in [-0.4, -0.2) is 13.3 Å².